The van der Waals surface area contributed by atoms with Crippen molar-refractivity contribution in [2.24, 2.45) is 0 Å². The molecular formula is C50H60N10O10. The van der Waals surface area contributed by atoms with Crippen LogP contribution in [0.4, 0.5) is 5.95 Å². The molecule has 0 aliphatic heterocycles. The van der Waals surface area contributed by atoms with Gasteiger partial charge >= 0.3 is 5.97 Å². The van der Waals surface area contributed by atoms with Gasteiger partial charge in [0.15, 0.2) is 5.82 Å². The Labute approximate surface area is 404 Å². The van der Waals surface area contributed by atoms with Gasteiger partial charge in [0.2, 0.25) is 5.95 Å². The standard InChI is InChI=1S/C50H60N10O10/c1-8-59-39(23-32(3)55-59)46-51-29-37-36-25-34(30-62)27-41(69-22-21-67-20-19-66-18-13-43(64)70-50(5,6)7)44(36)57(47(37)53-46)14-10-11-15-58-45-38(26-35(31-63)28-42(45)68-17-12-16-61)52-49(58)54-48(65)40-24-33(4)56-60(40)9-2/h10-11,23-31,61H,8-9,12-22H2,1-7H3,(H,52,54,65)/b11-10+. The topological polar surface area (TPSA) is 231 Å². The molecule has 7 aromatic rings. The number of hydrogen-bond acceptors (Lipinski definition) is 15. The van der Waals surface area contributed by atoms with Crippen molar-refractivity contribution in [3.63, 3.8) is 0 Å². The summed E-state index contributed by atoms with van der Waals surface area (Å²) in [7, 11) is 0. The lowest BCUT2D eigenvalue weighted by atomic mass is 10.1. The lowest BCUT2D eigenvalue weighted by Crippen LogP contribution is -2.24. The van der Waals surface area contributed by atoms with E-state index in [4.69, 9.17) is 38.6 Å². The van der Waals surface area contributed by atoms with Crippen LogP contribution in [0.2, 0.25) is 0 Å². The molecule has 2 N–H and O–H groups in total. The van der Waals surface area contributed by atoms with E-state index in [1.54, 1.807) is 45.8 Å². The van der Waals surface area contributed by atoms with Crippen LogP contribution in [0, 0.1) is 13.8 Å². The second kappa shape index (κ2) is 22.9. The predicted molar refractivity (Wildman–Crippen MR) is 262 cm³/mol. The SMILES string of the molecule is CCn1nc(C)cc1C(=O)Nc1nc2cc(C=O)cc(OCCCO)c2n1C/C=C/Cn1c2nc(-c3cc(C)nn3CC)ncc2c2cc(C=O)cc(OCCOCCOCCC(=O)OC(C)(C)C)c21. The van der Waals surface area contributed by atoms with Crippen molar-refractivity contribution in [1.82, 2.24) is 43.6 Å². The number of carbonyl (C=O) groups excluding carboxylic acids is 4. The molecule has 0 aliphatic rings. The number of imidazole rings is 1. The van der Waals surface area contributed by atoms with E-state index in [-0.39, 0.29) is 77.7 Å². The number of rotatable bonds is 25. The van der Waals surface area contributed by atoms with Crippen LogP contribution in [0.3, 0.4) is 0 Å². The Morgan fingerprint density at radius 1 is 0.743 bits per heavy atom. The van der Waals surface area contributed by atoms with E-state index in [0.29, 0.717) is 98.6 Å². The quantitative estimate of drug-likeness (QED) is 0.0263. The Bertz CT molecular complexity index is 3030. The number of aldehydes is 2. The van der Waals surface area contributed by atoms with Crippen molar-refractivity contribution >= 4 is 63.4 Å². The first-order valence-corrected chi connectivity index (χ1v) is 23.3. The summed E-state index contributed by atoms with van der Waals surface area (Å²) >= 11 is 0. The molecule has 0 saturated carbocycles. The van der Waals surface area contributed by atoms with Gasteiger partial charge in [-0.15, -0.1) is 0 Å². The number of fused-ring (bicyclic) bond motifs is 4. The first-order valence-electron chi connectivity index (χ1n) is 23.3. The Hall–Kier alpha value is -7.29. The number of benzene rings is 2. The van der Waals surface area contributed by atoms with Crippen LogP contribution in [-0.2, 0) is 45.2 Å². The number of amides is 1. The molecule has 70 heavy (non-hydrogen) atoms. The molecule has 1 amide bonds. The van der Waals surface area contributed by atoms with E-state index in [1.165, 1.54) is 0 Å². The Morgan fingerprint density at radius 3 is 2.09 bits per heavy atom. The number of anilines is 1. The first kappa shape index (κ1) is 50.6. The minimum absolute atomic E-state index is 0.0896. The van der Waals surface area contributed by atoms with Gasteiger partial charge in [0.25, 0.3) is 5.91 Å². The van der Waals surface area contributed by atoms with E-state index in [0.717, 1.165) is 17.7 Å². The number of aromatic nitrogens is 9. The van der Waals surface area contributed by atoms with Crippen molar-refractivity contribution in [3.05, 3.63) is 83.0 Å². The van der Waals surface area contributed by atoms with Crippen LogP contribution in [0.25, 0.3) is 44.5 Å². The molecule has 5 heterocycles. The fourth-order valence-corrected chi connectivity index (χ4v) is 7.96. The molecule has 0 fully saturated rings. The van der Waals surface area contributed by atoms with Crippen LogP contribution in [0.1, 0.15) is 90.1 Å². The van der Waals surface area contributed by atoms with Gasteiger partial charge in [-0.05, 0) is 84.9 Å². The Morgan fingerprint density at radius 2 is 1.39 bits per heavy atom. The van der Waals surface area contributed by atoms with Crippen molar-refractivity contribution < 1.29 is 48.0 Å². The lowest BCUT2D eigenvalue weighted by Gasteiger charge is -2.19. The van der Waals surface area contributed by atoms with Crippen LogP contribution in [0.5, 0.6) is 11.5 Å². The van der Waals surface area contributed by atoms with Crippen molar-refractivity contribution in [3.8, 4) is 23.0 Å². The number of esters is 1. The highest BCUT2D eigenvalue weighted by Crippen LogP contribution is 2.37. The number of hydrogen-bond donors (Lipinski definition) is 2. The predicted octanol–water partition coefficient (Wildman–Crippen LogP) is 6.69. The zero-order chi connectivity index (χ0) is 50.0. The number of nitrogens with zero attached hydrogens (tertiary/aromatic N) is 9. The molecule has 0 saturated heterocycles. The second-order valence-corrected chi connectivity index (χ2v) is 17.4. The maximum absolute atomic E-state index is 13.8. The van der Waals surface area contributed by atoms with E-state index >= 15 is 0 Å². The summed E-state index contributed by atoms with van der Waals surface area (Å²) in [5, 5.41) is 22.9. The fraction of sp³-hybridized carbons (Fsp3) is 0.420. The highest BCUT2D eigenvalue weighted by molar-refractivity contribution is 6.10. The smallest absolute Gasteiger partial charge is 0.308 e. The third-order valence-electron chi connectivity index (χ3n) is 10.9. The number of ether oxygens (including phenoxy) is 5. The molecule has 0 radical (unpaired) electrons. The van der Waals surface area contributed by atoms with E-state index in [2.05, 4.69) is 15.5 Å². The maximum atomic E-state index is 13.8. The summed E-state index contributed by atoms with van der Waals surface area (Å²) in [6, 6.07) is 10.3. The Balaban J connectivity index is 1.21. The molecule has 0 unspecified atom stereocenters. The highest BCUT2D eigenvalue weighted by atomic mass is 16.6. The van der Waals surface area contributed by atoms with Crippen molar-refractivity contribution in [2.45, 2.75) is 93.1 Å². The summed E-state index contributed by atoms with van der Waals surface area (Å²) in [4.78, 5) is 64.9. The van der Waals surface area contributed by atoms with Crippen LogP contribution in [-0.4, -0.2) is 125 Å². The largest absolute Gasteiger partial charge is 0.491 e. The number of aliphatic hydroxyl groups is 1. The van der Waals surface area contributed by atoms with Gasteiger partial charge in [-0.1, -0.05) is 12.2 Å². The number of nitrogens with one attached hydrogen (secondary N) is 1. The highest BCUT2D eigenvalue weighted by Gasteiger charge is 2.23. The molecule has 0 bridgehead atoms. The molecule has 2 aromatic carbocycles. The third-order valence-corrected chi connectivity index (χ3v) is 10.9. The van der Waals surface area contributed by atoms with Crippen LogP contribution < -0.4 is 14.8 Å². The summed E-state index contributed by atoms with van der Waals surface area (Å²) in [6.07, 6.45) is 7.57. The van der Waals surface area contributed by atoms with Gasteiger partial charge in [0.05, 0.1) is 61.9 Å². The molecular weight excluding hydrogens is 901 g/mol. The normalized spacial score (nSPS) is 11.9. The average Bonchev–Trinajstić information content (AvgIpc) is 4.09. The first-order chi connectivity index (χ1) is 33.7. The van der Waals surface area contributed by atoms with E-state index in [9.17, 15) is 24.3 Å². The molecule has 7 rings (SSSR count). The Kier molecular flexibility index (Phi) is 16.5. The second-order valence-electron chi connectivity index (χ2n) is 17.4. The third kappa shape index (κ3) is 11.9. The van der Waals surface area contributed by atoms with Crippen LogP contribution >= 0.6 is 0 Å². The zero-order valence-corrected chi connectivity index (χ0v) is 40.7. The van der Waals surface area contributed by atoms with Crippen molar-refractivity contribution in [1.29, 1.82) is 0 Å². The van der Waals surface area contributed by atoms with E-state index < -0.39 is 11.5 Å². The summed E-state index contributed by atoms with van der Waals surface area (Å²) in [6.45, 7) is 15.8. The minimum atomic E-state index is -0.562. The summed E-state index contributed by atoms with van der Waals surface area (Å²) < 4.78 is 36.4. The van der Waals surface area contributed by atoms with Gasteiger partial charge < -0.3 is 37.9 Å². The molecule has 20 heteroatoms. The molecule has 0 aliphatic carbocycles. The minimum Gasteiger partial charge on any atom is -0.491 e. The number of allylic oxidation sites excluding steroid dienone is 2. The summed E-state index contributed by atoms with van der Waals surface area (Å²) in [5.74, 6) is 0.725. The molecule has 0 atom stereocenters. The maximum Gasteiger partial charge on any atom is 0.308 e. The number of aliphatic hydroxyl groups excluding tert-OH is 1. The fourth-order valence-electron chi connectivity index (χ4n) is 7.96. The van der Waals surface area contributed by atoms with Crippen molar-refractivity contribution in [2.75, 3.05) is 51.6 Å². The summed E-state index contributed by atoms with van der Waals surface area (Å²) in [5.41, 5.74) is 4.99. The molecule has 5 aromatic heterocycles. The van der Waals surface area contributed by atoms with Gasteiger partial charge in [0, 0.05) is 67.3 Å². The van der Waals surface area contributed by atoms with E-state index in [1.807, 2.05) is 75.9 Å². The number of carbonyl (C=O) groups is 4. The molecule has 20 nitrogen and oxygen atoms in total. The van der Waals surface area contributed by atoms with Gasteiger partial charge in [-0.25, -0.2) is 15.0 Å². The van der Waals surface area contributed by atoms with Crippen LogP contribution in [0.15, 0.2) is 54.7 Å². The van der Waals surface area contributed by atoms with Gasteiger partial charge in [-0.2, -0.15) is 10.2 Å². The monoisotopic (exact) mass is 960 g/mol. The van der Waals surface area contributed by atoms with Gasteiger partial charge in [0.1, 0.15) is 58.8 Å². The lowest BCUT2D eigenvalue weighted by molar-refractivity contribution is -0.156. The zero-order valence-electron chi connectivity index (χ0n) is 40.7. The molecule has 370 valence electrons. The number of aryl methyl sites for hydroxylation is 4. The van der Waals surface area contributed by atoms with Gasteiger partial charge in [-0.3, -0.25) is 33.9 Å². The average molecular weight is 961 g/mol. The molecule has 0 spiro atoms.